The molecule has 13 heavy (non-hydrogen) atoms. The van der Waals surface area contributed by atoms with E-state index < -0.39 is 0 Å². The van der Waals surface area contributed by atoms with Crippen molar-refractivity contribution in [3.8, 4) is 0 Å². The van der Waals surface area contributed by atoms with Crippen LogP contribution in [0.15, 0.2) is 0 Å². The molecule has 0 aliphatic rings. The van der Waals surface area contributed by atoms with E-state index in [0.717, 1.165) is 6.42 Å². The fourth-order valence-electron chi connectivity index (χ4n) is 1.10. The van der Waals surface area contributed by atoms with Crippen LogP contribution in [-0.2, 0) is 9.53 Å². The smallest absolute Gasteiger partial charge is 1.00 e. The van der Waals surface area contributed by atoms with Gasteiger partial charge in [-0.25, -0.2) is 0 Å². The molecule has 0 radical (unpaired) electrons. The van der Waals surface area contributed by atoms with Crippen LogP contribution in [-0.4, -0.2) is 35.6 Å². The Morgan fingerprint density at radius 3 is 2.23 bits per heavy atom. The fraction of sp³-hybridized carbons (Fsp3) is 0.900. The third-order valence-corrected chi connectivity index (χ3v) is 1.80. The van der Waals surface area contributed by atoms with E-state index in [1.807, 2.05) is 0 Å². The maximum atomic E-state index is 10.4. The summed E-state index contributed by atoms with van der Waals surface area (Å²) in [6, 6.07) is 0. The minimum Gasteiger partial charge on any atom is -1.00 e. The van der Waals surface area contributed by atoms with E-state index in [1.54, 1.807) is 0 Å². The van der Waals surface area contributed by atoms with E-state index in [0.29, 0.717) is 6.61 Å². The van der Waals surface area contributed by atoms with Crippen molar-refractivity contribution in [3.05, 3.63) is 0 Å². The van der Waals surface area contributed by atoms with E-state index in [-0.39, 0.29) is 31.9 Å². The van der Waals surface area contributed by atoms with Crippen molar-refractivity contribution in [2.24, 2.45) is 0 Å². The molecular weight excluding hydrogens is 176 g/mol. The van der Waals surface area contributed by atoms with Crippen molar-refractivity contribution < 1.29 is 12.4 Å². The van der Waals surface area contributed by atoms with Crippen LogP contribution in [0.2, 0.25) is 0 Å². The molecule has 0 aromatic carbocycles. The molecule has 3 heteroatoms. The summed E-state index contributed by atoms with van der Waals surface area (Å²) in [5.41, 5.74) is 0. The molecule has 0 aromatic heterocycles. The standard InChI is InChI=1S/C10H20O2.Mg.2H/c1-3-4-5-6-7-8-9-12-10(2)11;;;/h3-9H2,1-2H3;;;/q;+2;2*-1. The molecule has 0 aliphatic heterocycles. The number of ether oxygens (including phenoxy) is 1. The van der Waals surface area contributed by atoms with E-state index in [1.165, 1.54) is 39.0 Å². The van der Waals surface area contributed by atoms with E-state index in [9.17, 15) is 4.79 Å². The second kappa shape index (κ2) is 12.2. The molecule has 0 rings (SSSR count). The van der Waals surface area contributed by atoms with E-state index >= 15 is 0 Å². The van der Waals surface area contributed by atoms with Gasteiger partial charge in [-0.15, -0.1) is 0 Å². The molecule has 0 bridgehead atoms. The molecule has 76 valence electrons. The van der Waals surface area contributed by atoms with Crippen LogP contribution in [0.5, 0.6) is 0 Å². The van der Waals surface area contributed by atoms with Crippen LogP contribution in [0, 0.1) is 0 Å². The van der Waals surface area contributed by atoms with Gasteiger partial charge in [-0.3, -0.25) is 4.79 Å². The Bertz CT molecular complexity index is 124. The summed E-state index contributed by atoms with van der Waals surface area (Å²) in [6.45, 7) is 4.26. The fourth-order valence-corrected chi connectivity index (χ4v) is 1.10. The van der Waals surface area contributed by atoms with Crippen LogP contribution in [0.4, 0.5) is 0 Å². The molecule has 0 saturated carbocycles. The summed E-state index contributed by atoms with van der Waals surface area (Å²) in [4.78, 5) is 10.4. The number of hydrogen-bond acceptors (Lipinski definition) is 2. The zero-order chi connectivity index (χ0) is 9.23. The summed E-state index contributed by atoms with van der Waals surface area (Å²) in [5.74, 6) is -0.163. The van der Waals surface area contributed by atoms with Gasteiger partial charge in [0.15, 0.2) is 0 Å². The maximum Gasteiger partial charge on any atom is 2.00 e. The monoisotopic (exact) mass is 198 g/mol. The Kier molecular flexibility index (Phi) is 14.8. The SMILES string of the molecule is CCCCCCCCOC(C)=O.[H-].[H-].[Mg+2]. The van der Waals surface area contributed by atoms with Crippen molar-refractivity contribution in [1.82, 2.24) is 0 Å². The molecular formula is C10H22MgO2. The van der Waals surface area contributed by atoms with Gasteiger partial charge in [0.05, 0.1) is 6.61 Å². The van der Waals surface area contributed by atoms with Crippen LogP contribution in [0.3, 0.4) is 0 Å². The minimum atomic E-state index is -0.163. The first-order chi connectivity index (χ1) is 5.77. The molecule has 0 saturated heterocycles. The largest absolute Gasteiger partial charge is 2.00 e. The molecule has 0 atom stereocenters. The minimum absolute atomic E-state index is 0. The topological polar surface area (TPSA) is 26.3 Å². The normalized spacial score (nSPS) is 9.08. The molecule has 0 spiro atoms. The van der Waals surface area contributed by atoms with E-state index in [4.69, 9.17) is 4.74 Å². The van der Waals surface area contributed by atoms with Crippen LogP contribution < -0.4 is 0 Å². The second-order valence-electron chi connectivity index (χ2n) is 3.11. The number of rotatable bonds is 7. The Labute approximate surface area is 101 Å². The number of carbonyl (C=O) groups excluding carboxylic acids is 1. The van der Waals surface area contributed by atoms with Gasteiger partial charge in [0.25, 0.3) is 0 Å². The second-order valence-corrected chi connectivity index (χ2v) is 3.11. The predicted molar refractivity (Wildman–Crippen MR) is 58.0 cm³/mol. The van der Waals surface area contributed by atoms with Crippen LogP contribution in [0.1, 0.15) is 55.2 Å². The Hall–Kier alpha value is 0.236. The molecule has 0 N–H and O–H groups in total. The summed E-state index contributed by atoms with van der Waals surface area (Å²) >= 11 is 0. The third kappa shape index (κ3) is 15.0. The van der Waals surface area contributed by atoms with Gasteiger partial charge >= 0.3 is 29.0 Å². The van der Waals surface area contributed by atoms with Gasteiger partial charge in [0.1, 0.15) is 0 Å². The van der Waals surface area contributed by atoms with Gasteiger partial charge in [0, 0.05) is 6.92 Å². The summed E-state index contributed by atoms with van der Waals surface area (Å²) in [7, 11) is 0. The van der Waals surface area contributed by atoms with Gasteiger partial charge < -0.3 is 7.59 Å². The van der Waals surface area contributed by atoms with Crippen LogP contribution >= 0.6 is 0 Å². The van der Waals surface area contributed by atoms with Gasteiger partial charge in [-0.2, -0.15) is 0 Å². The molecule has 0 amide bonds. The Morgan fingerprint density at radius 1 is 1.15 bits per heavy atom. The van der Waals surface area contributed by atoms with Crippen molar-refractivity contribution in [2.45, 2.75) is 52.4 Å². The number of unbranched alkanes of at least 4 members (excludes halogenated alkanes) is 5. The summed E-state index contributed by atoms with van der Waals surface area (Å²) in [6.07, 6.45) is 7.40. The van der Waals surface area contributed by atoms with Crippen LogP contribution in [0.25, 0.3) is 0 Å². The Morgan fingerprint density at radius 2 is 1.69 bits per heavy atom. The summed E-state index contributed by atoms with van der Waals surface area (Å²) < 4.78 is 4.81. The van der Waals surface area contributed by atoms with Crippen molar-refractivity contribution in [3.63, 3.8) is 0 Å². The first-order valence-electron chi connectivity index (χ1n) is 4.90. The summed E-state index contributed by atoms with van der Waals surface area (Å²) in [5, 5.41) is 0. The third-order valence-electron chi connectivity index (χ3n) is 1.80. The molecule has 2 nitrogen and oxygen atoms in total. The molecule has 0 unspecified atom stereocenters. The van der Waals surface area contributed by atoms with Crippen molar-refractivity contribution in [1.29, 1.82) is 0 Å². The Balaban J connectivity index is -0.000000202. The number of hydrogen-bond donors (Lipinski definition) is 0. The van der Waals surface area contributed by atoms with Gasteiger partial charge in [-0.1, -0.05) is 39.0 Å². The van der Waals surface area contributed by atoms with Crippen molar-refractivity contribution in [2.75, 3.05) is 6.61 Å². The average molecular weight is 199 g/mol. The van der Waals surface area contributed by atoms with Gasteiger partial charge in [0.2, 0.25) is 0 Å². The van der Waals surface area contributed by atoms with E-state index in [2.05, 4.69) is 6.92 Å². The maximum absolute atomic E-state index is 10.4. The zero-order valence-corrected chi connectivity index (χ0v) is 10.4. The van der Waals surface area contributed by atoms with Gasteiger partial charge in [-0.05, 0) is 6.42 Å². The number of carbonyl (C=O) groups is 1. The molecule has 0 aliphatic carbocycles. The first kappa shape index (κ1) is 15.7. The average Bonchev–Trinajstić information content (AvgIpc) is 2.02. The zero-order valence-electron chi connectivity index (χ0n) is 11.0. The number of esters is 1. The first-order valence-corrected chi connectivity index (χ1v) is 4.90. The van der Waals surface area contributed by atoms with Crippen molar-refractivity contribution >= 4 is 29.0 Å². The molecule has 0 fully saturated rings. The quantitative estimate of drug-likeness (QED) is 0.357. The molecule has 0 aromatic rings. The molecule has 0 heterocycles. The predicted octanol–water partition coefficient (Wildman–Crippen LogP) is 2.75.